The van der Waals surface area contributed by atoms with Gasteiger partial charge in [0.1, 0.15) is 0 Å². The molecule has 23 heavy (non-hydrogen) atoms. The van der Waals surface area contributed by atoms with Crippen LogP contribution in [0.25, 0.3) is 0 Å². The zero-order valence-corrected chi connectivity index (χ0v) is 14.3. The van der Waals surface area contributed by atoms with Gasteiger partial charge in [-0.1, -0.05) is 13.8 Å². The van der Waals surface area contributed by atoms with Gasteiger partial charge in [-0.25, -0.2) is 8.42 Å². The third-order valence-electron chi connectivity index (χ3n) is 3.75. The molecule has 3 N–H and O–H groups in total. The summed E-state index contributed by atoms with van der Waals surface area (Å²) in [5.41, 5.74) is 0.481. The fourth-order valence-electron chi connectivity index (χ4n) is 2.25. The molecule has 0 unspecified atom stereocenters. The molecule has 0 aromatic heterocycles. The molecule has 0 radical (unpaired) electrons. The quantitative estimate of drug-likeness (QED) is 0.556. The van der Waals surface area contributed by atoms with Crippen molar-refractivity contribution in [3.63, 3.8) is 0 Å². The lowest BCUT2D eigenvalue weighted by Crippen LogP contribution is -2.45. The van der Waals surface area contributed by atoms with Gasteiger partial charge in [0.25, 0.3) is 0 Å². The SMILES string of the molecule is CC(C)CCNC(N)=NCC1CCN(S(=O)(=O)C(F)(F)F)CC1. The average molecular weight is 358 g/mol. The zero-order chi connectivity index (χ0) is 17.7. The number of guanidine groups is 1. The van der Waals surface area contributed by atoms with Crippen molar-refractivity contribution in [1.82, 2.24) is 9.62 Å². The van der Waals surface area contributed by atoms with E-state index in [-0.39, 0.29) is 19.0 Å². The lowest BCUT2D eigenvalue weighted by Gasteiger charge is -2.30. The standard InChI is InChI=1S/C13H25F3N4O2S/c1-10(2)3-6-18-12(17)19-9-11-4-7-20(8-5-11)23(21,22)13(14,15)16/h10-11H,3-9H2,1-2H3,(H3,17,18,19). The predicted octanol–water partition coefficient (Wildman–Crippen LogP) is 1.50. The minimum atomic E-state index is -5.23. The molecule has 0 amide bonds. The Morgan fingerprint density at radius 1 is 1.35 bits per heavy atom. The molecule has 0 aliphatic carbocycles. The van der Waals surface area contributed by atoms with Crippen LogP contribution in [0, 0.1) is 11.8 Å². The van der Waals surface area contributed by atoms with Gasteiger partial charge in [-0.05, 0) is 31.1 Å². The Morgan fingerprint density at radius 2 is 1.91 bits per heavy atom. The number of rotatable bonds is 6. The maximum absolute atomic E-state index is 12.5. The Balaban J connectivity index is 2.40. The van der Waals surface area contributed by atoms with E-state index in [1.165, 1.54) is 0 Å². The van der Waals surface area contributed by atoms with E-state index >= 15 is 0 Å². The van der Waals surface area contributed by atoms with Crippen molar-refractivity contribution >= 4 is 16.0 Å². The first-order chi connectivity index (χ1) is 10.5. The number of nitrogens with zero attached hydrogens (tertiary/aromatic N) is 2. The summed E-state index contributed by atoms with van der Waals surface area (Å²) in [6.45, 7) is 5.02. The number of nitrogens with one attached hydrogen (secondary N) is 1. The summed E-state index contributed by atoms with van der Waals surface area (Å²) in [4.78, 5) is 4.17. The van der Waals surface area contributed by atoms with Gasteiger partial charge in [0.05, 0.1) is 0 Å². The van der Waals surface area contributed by atoms with Gasteiger partial charge in [-0.3, -0.25) is 4.99 Å². The summed E-state index contributed by atoms with van der Waals surface area (Å²) in [5.74, 6) is 0.909. The fourth-order valence-corrected chi connectivity index (χ4v) is 3.24. The van der Waals surface area contributed by atoms with E-state index in [9.17, 15) is 21.6 Å². The zero-order valence-electron chi connectivity index (χ0n) is 13.4. The van der Waals surface area contributed by atoms with Gasteiger partial charge in [0.2, 0.25) is 0 Å². The third kappa shape index (κ3) is 6.17. The van der Waals surface area contributed by atoms with Gasteiger partial charge in [-0.15, -0.1) is 0 Å². The van der Waals surface area contributed by atoms with E-state index in [1.807, 2.05) is 0 Å². The molecule has 0 aromatic rings. The Bertz CT molecular complexity index is 498. The monoisotopic (exact) mass is 358 g/mol. The highest BCUT2D eigenvalue weighted by Crippen LogP contribution is 2.30. The molecular weight excluding hydrogens is 333 g/mol. The van der Waals surface area contributed by atoms with E-state index in [0.29, 0.717) is 35.6 Å². The topological polar surface area (TPSA) is 87.8 Å². The molecule has 0 bridgehead atoms. The van der Waals surface area contributed by atoms with Crippen LogP contribution in [-0.4, -0.2) is 50.4 Å². The second kappa shape index (κ2) is 8.18. The molecular formula is C13H25F3N4O2S. The Kier molecular flexibility index (Phi) is 7.12. The van der Waals surface area contributed by atoms with Crippen LogP contribution >= 0.6 is 0 Å². The van der Waals surface area contributed by atoms with Crippen LogP contribution < -0.4 is 11.1 Å². The molecule has 1 saturated heterocycles. The molecule has 10 heteroatoms. The molecule has 1 fully saturated rings. The largest absolute Gasteiger partial charge is 0.511 e. The van der Waals surface area contributed by atoms with Crippen molar-refractivity contribution in [2.75, 3.05) is 26.2 Å². The molecule has 136 valence electrons. The number of sulfonamides is 1. The Labute approximate surface area is 135 Å². The van der Waals surface area contributed by atoms with Crippen LogP contribution in [0.3, 0.4) is 0 Å². The lowest BCUT2D eigenvalue weighted by atomic mass is 9.98. The first-order valence-corrected chi connectivity index (χ1v) is 9.08. The lowest BCUT2D eigenvalue weighted by molar-refractivity contribution is -0.0496. The fraction of sp³-hybridized carbons (Fsp3) is 0.923. The van der Waals surface area contributed by atoms with E-state index in [0.717, 1.165) is 13.0 Å². The number of aliphatic imine (C=N–C) groups is 1. The first-order valence-electron chi connectivity index (χ1n) is 7.64. The molecule has 1 aliphatic rings. The van der Waals surface area contributed by atoms with Crippen LogP contribution in [0.2, 0.25) is 0 Å². The average Bonchev–Trinajstić information content (AvgIpc) is 2.44. The molecule has 1 heterocycles. The van der Waals surface area contributed by atoms with Crippen molar-refractivity contribution in [3.8, 4) is 0 Å². The minimum absolute atomic E-state index is 0.0418. The number of alkyl halides is 3. The molecule has 1 aliphatic heterocycles. The van der Waals surface area contributed by atoms with Gasteiger partial charge >= 0.3 is 15.5 Å². The molecule has 6 nitrogen and oxygen atoms in total. The summed E-state index contributed by atoms with van der Waals surface area (Å²) in [5, 5.41) is 2.98. The second-order valence-corrected chi connectivity index (χ2v) is 8.06. The number of hydrogen-bond donors (Lipinski definition) is 2. The van der Waals surface area contributed by atoms with Gasteiger partial charge in [-0.2, -0.15) is 17.5 Å². The van der Waals surface area contributed by atoms with Crippen LogP contribution in [0.1, 0.15) is 33.1 Å². The normalized spacial score (nSPS) is 19.3. The van der Waals surface area contributed by atoms with Crippen LogP contribution in [0.15, 0.2) is 4.99 Å². The minimum Gasteiger partial charge on any atom is -0.370 e. The van der Waals surface area contributed by atoms with Crippen LogP contribution in [0.5, 0.6) is 0 Å². The summed E-state index contributed by atoms with van der Waals surface area (Å²) in [6, 6.07) is 0. The van der Waals surface area contributed by atoms with Crippen molar-refractivity contribution in [1.29, 1.82) is 0 Å². The predicted molar refractivity (Wildman–Crippen MR) is 83.2 cm³/mol. The smallest absolute Gasteiger partial charge is 0.370 e. The van der Waals surface area contributed by atoms with Gasteiger partial charge < -0.3 is 11.1 Å². The van der Waals surface area contributed by atoms with E-state index in [4.69, 9.17) is 5.73 Å². The van der Waals surface area contributed by atoms with Crippen molar-refractivity contribution in [3.05, 3.63) is 0 Å². The third-order valence-corrected chi connectivity index (χ3v) is 5.38. The second-order valence-electron chi connectivity index (χ2n) is 6.13. The van der Waals surface area contributed by atoms with Crippen LogP contribution in [0.4, 0.5) is 13.2 Å². The van der Waals surface area contributed by atoms with Crippen molar-refractivity contribution < 1.29 is 21.6 Å². The maximum Gasteiger partial charge on any atom is 0.511 e. The molecule has 0 atom stereocenters. The van der Waals surface area contributed by atoms with E-state index < -0.39 is 15.5 Å². The number of halogens is 3. The Hall–Kier alpha value is -1.03. The summed E-state index contributed by atoms with van der Waals surface area (Å²) in [6.07, 6.45) is 1.65. The summed E-state index contributed by atoms with van der Waals surface area (Å²) in [7, 11) is -5.21. The van der Waals surface area contributed by atoms with E-state index in [1.54, 1.807) is 0 Å². The maximum atomic E-state index is 12.5. The molecule has 1 rings (SSSR count). The summed E-state index contributed by atoms with van der Waals surface area (Å²) >= 11 is 0. The highest BCUT2D eigenvalue weighted by atomic mass is 32.2. The van der Waals surface area contributed by atoms with Crippen molar-refractivity contribution in [2.45, 2.75) is 38.6 Å². The van der Waals surface area contributed by atoms with Gasteiger partial charge in [0, 0.05) is 26.2 Å². The number of hydrogen-bond acceptors (Lipinski definition) is 3. The highest BCUT2D eigenvalue weighted by molar-refractivity contribution is 7.90. The molecule has 0 aromatic carbocycles. The molecule has 0 spiro atoms. The van der Waals surface area contributed by atoms with E-state index in [2.05, 4.69) is 24.2 Å². The van der Waals surface area contributed by atoms with Gasteiger partial charge in [0.15, 0.2) is 5.96 Å². The molecule has 0 saturated carbocycles. The van der Waals surface area contributed by atoms with Crippen LogP contribution in [-0.2, 0) is 10.0 Å². The highest BCUT2D eigenvalue weighted by Gasteiger charge is 2.50. The number of nitrogens with two attached hydrogens (primary N) is 1. The summed E-state index contributed by atoms with van der Waals surface area (Å²) < 4.78 is 60.5. The Morgan fingerprint density at radius 3 is 2.39 bits per heavy atom. The van der Waals surface area contributed by atoms with Crippen molar-refractivity contribution in [2.24, 2.45) is 22.6 Å². The number of piperidine rings is 1. The first kappa shape index (κ1) is 20.0.